The molecule has 0 bridgehead atoms. The molecule has 0 saturated heterocycles. The number of aryl methyl sites for hydroxylation is 2. The minimum Gasteiger partial charge on any atom is -0.432 e. The summed E-state index contributed by atoms with van der Waals surface area (Å²) in [6.07, 6.45) is 7.25. The first-order valence-corrected chi connectivity index (χ1v) is 8.67. The zero-order chi connectivity index (χ0) is 16.5. The number of rotatable bonds is 5. The fourth-order valence-corrected chi connectivity index (χ4v) is 3.35. The molecule has 1 aliphatic rings. The Balaban J connectivity index is 1.69. The van der Waals surface area contributed by atoms with Crippen LogP contribution in [0.1, 0.15) is 30.5 Å². The molecule has 0 atom stereocenters. The topological polar surface area (TPSA) is 67.1 Å². The van der Waals surface area contributed by atoms with Gasteiger partial charge in [0.05, 0.1) is 5.39 Å². The third-order valence-corrected chi connectivity index (χ3v) is 4.60. The van der Waals surface area contributed by atoms with Crippen molar-refractivity contribution >= 4 is 28.0 Å². The molecular weight excluding hydrogens is 302 g/mol. The zero-order valence-corrected chi connectivity index (χ0v) is 14.3. The third kappa shape index (κ3) is 2.82. The first-order chi connectivity index (χ1) is 11.7. The van der Waals surface area contributed by atoms with Crippen molar-refractivity contribution in [2.45, 2.75) is 32.1 Å². The highest BCUT2D eigenvalue weighted by atomic mass is 16.3. The van der Waals surface area contributed by atoms with Gasteiger partial charge in [-0.1, -0.05) is 0 Å². The van der Waals surface area contributed by atoms with E-state index in [0.29, 0.717) is 11.3 Å². The van der Waals surface area contributed by atoms with E-state index in [2.05, 4.69) is 40.3 Å². The second-order valence-electron chi connectivity index (χ2n) is 6.74. The van der Waals surface area contributed by atoms with Crippen LogP contribution in [0.3, 0.4) is 0 Å². The van der Waals surface area contributed by atoms with E-state index in [1.807, 2.05) is 0 Å². The fraction of sp³-hybridized carbons (Fsp3) is 0.500. The summed E-state index contributed by atoms with van der Waals surface area (Å²) in [5.74, 6) is 0.759. The van der Waals surface area contributed by atoms with Crippen molar-refractivity contribution in [3.8, 4) is 0 Å². The molecule has 3 aromatic rings. The molecule has 1 aliphatic carbocycles. The predicted molar refractivity (Wildman–Crippen MR) is 95.4 cm³/mol. The molecule has 6 nitrogen and oxygen atoms in total. The van der Waals surface area contributed by atoms with Gasteiger partial charge in [-0.2, -0.15) is 0 Å². The number of anilines is 1. The maximum atomic E-state index is 6.02. The molecule has 3 heterocycles. The van der Waals surface area contributed by atoms with Gasteiger partial charge in [0.25, 0.3) is 0 Å². The quantitative estimate of drug-likeness (QED) is 0.727. The number of hydrogen-bond acceptors (Lipinski definition) is 6. The highest BCUT2D eigenvalue weighted by Gasteiger charge is 2.18. The summed E-state index contributed by atoms with van der Waals surface area (Å²) in [6, 6.07) is 2.21. The molecule has 0 unspecified atom stereocenters. The molecule has 6 heteroatoms. The standard InChI is InChI=1S/C18H23N5O/c1-23(2)9-5-8-19-17-16-15(20-11-21-17)13-10-12-6-3-4-7-14(12)22-18(13)24-16/h10-11H,3-9H2,1-2H3,(H,19,20,21). The highest BCUT2D eigenvalue weighted by molar-refractivity contribution is 6.04. The summed E-state index contributed by atoms with van der Waals surface area (Å²) in [6.45, 7) is 1.89. The van der Waals surface area contributed by atoms with Gasteiger partial charge in [0.2, 0.25) is 5.71 Å². The Hall–Kier alpha value is -2.21. The third-order valence-electron chi connectivity index (χ3n) is 4.60. The highest BCUT2D eigenvalue weighted by Crippen LogP contribution is 2.32. The summed E-state index contributed by atoms with van der Waals surface area (Å²) in [7, 11) is 4.16. The molecule has 0 aliphatic heterocycles. The average Bonchev–Trinajstić information content (AvgIpc) is 2.95. The van der Waals surface area contributed by atoms with Crippen molar-refractivity contribution in [2.24, 2.45) is 0 Å². The number of pyridine rings is 1. The van der Waals surface area contributed by atoms with Crippen LogP contribution in [0.15, 0.2) is 16.8 Å². The molecule has 24 heavy (non-hydrogen) atoms. The van der Waals surface area contributed by atoms with Crippen molar-refractivity contribution in [2.75, 3.05) is 32.5 Å². The van der Waals surface area contributed by atoms with Gasteiger partial charge < -0.3 is 14.6 Å². The Kier molecular flexibility index (Phi) is 4.06. The fourth-order valence-electron chi connectivity index (χ4n) is 3.35. The first-order valence-electron chi connectivity index (χ1n) is 8.67. The SMILES string of the molecule is CN(C)CCCNc1ncnc2c1oc1nc3c(cc12)CCCC3. The molecule has 0 radical (unpaired) electrons. The number of hydrogen-bond donors (Lipinski definition) is 1. The Bertz CT molecular complexity index is 871. The molecule has 0 saturated carbocycles. The van der Waals surface area contributed by atoms with E-state index in [1.165, 1.54) is 24.1 Å². The molecular formula is C18H23N5O. The van der Waals surface area contributed by atoms with Gasteiger partial charge in [0.15, 0.2) is 11.4 Å². The molecule has 4 rings (SSSR count). The van der Waals surface area contributed by atoms with Crippen molar-refractivity contribution in [3.05, 3.63) is 23.7 Å². The Labute approximate surface area is 141 Å². The van der Waals surface area contributed by atoms with Crippen LogP contribution in [0, 0.1) is 0 Å². The summed E-state index contributed by atoms with van der Waals surface area (Å²) in [5.41, 5.74) is 4.78. The summed E-state index contributed by atoms with van der Waals surface area (Å²) >= 11 is 0. The normalized spacial score (nSPS) is 14.5. The number of nitrogens with one attached hydrogen (secondary N) is 1. The van der Waals surface area contributed by atoms with Gasteiger partial charge >= 0.3 is 0 Å². The maximum absolute atomic E-state index is 6.02. The van der Waals surface area contributed by atoms with Gasteiger partial charge in [-0.3, -0.25) is 0 Å². The van der Waals surface area contributed by atoms with Crippen LogP contribution in [-0.2, 0) is 12.8 Å². The van der Waals surface area contributed by atoms with Crippen LogP contribution in [0.2, 0.25) is 0 Å². The first kappa shape index (κ1) is 15.3. The number of aromatic nitrogens is 3. The smallest absolute Gasteiger partial charge is 0.229 e. The summed E-state index contributed by atoms with van der Waals surface area (Å²) < 4.78 is 6.02. The van der Waals surface area contributed by atoms with Gasteiger partial charge in [-0.05, 0) is 64.4 Å². The molecule has 0 fully saturated rings. The van der Waals surface area contributed by atoms with Crippen molar-refractivity contribution in [3.63, 3.8) is 0 Å². The van der Waals surface area contributed by atoms with Crippen molar-refractivity contribution in [1.29, 1.82) is 0 Å². The minimum atomic E-state index is 0.683. The molecule has 0 spiro atoms. The molecule has 126 valence electrons. The Morgan fingerprint density at radius 1 is 1.21 bits per heavy atom. The van der Waals surface area contributed by atoms with Crippen LogP contribution < -0.4 is 5.32 Å². The van der Waals surface area contributed by atoms with Gasteiger partial charge in [-0.25, -0.2) is 15.0 Å². The Morgan fingerprint density at radius 3 is 2.96 bits per heavy atom. The summed E-state index contributed by atoms with van der Waals surface area (Å²) in [5, 5.41) is 4.38. The minimum absolute atomic E-state index is 0.683. The van der Waals surface area contributed by atoms with Crippen molar-refractivity contribution < 1.29 is 4.42 Å². The largest absolute Gasteiger partial charge is 0.432 e. The zero-order valence-electron chi connectivity index (χ0n) is 14.3. The van der Waals surface area contributed by atoms with Crippen LogP contribution >= 0.6 is 0 Å². The van der Waals surface area contributed by atoms with Gasteiger partial charge in [0.1, 0.15) is 11.8 Å². The molecule has 0 aromatic carbocycles. The maximum Gasteiger partial charge on any atom is 0.229 e. The Morgan fingerprint density at radius 2 is 2.08 bits per heavy atom. The van der Waals surface area contributed by atoms with Crippen LogP contribution in [-0.4, -0.2) is 47.0 Å². The second kappa shape index (κ2) is 6.36. The van der Waals surface area contributed by atoms with E-state index >= 15 is 0 Å². The van der Waals surface area contributed by atoms with E-state index in [-0.39, 0.29) is 0 Å². The lowest BCUT2D eigenvalue weighted by Gasteiger charge is -2.13. The van der Waals surface area contributed by atoms with Crippen molar-refractivity contribution in [1.82, 2.24) is 19.9 Å². The van der Waals surface area contributed by atoms with Gasteiger partial charge in [-0.15, -0.1) is 0 Å². The lowest BCUT2D eigenvalue weighted by Crippen LogP contribution is -2.16. The average molecular weight is 325 g/mol. The van der Waals surface area contributed by atoms with E-state index in [9.17, 15) is 0 Å². The lowest BCUT2D eigenvalue weighted by atomic mass is 9.95. The number of furan rings is 1. The van der Waals surface area contributed by atoms with Crippen LogP contribution in [0.4, 0.5) is 5.82 Å². The van der Waals surface area contributed by atoms with Gasteiger partial charge in [0, 0.05) is 12.2 Å². The van der Waals surface area contributed by atoms with Crippen LogP contribution in [0.5, 0.6) is 0 Å². The number of nitrogens with zero attached hydrogens (tertiary/aromatic N) is 4. The van der Waals surface area contributed by atoms with E-state index < -0.39 is 0 Å². The lowest BCUT2D eigenvalue weighted by molar-refractivity contribution is 0.405. The predicted octanol–water partition coefficient (Wildman–Crippen LogP) is 3.01. The number of fused-ring (bicyclic) bond motifs is 4. The molecule has 0 amide bonds. The summed E-state index contributed by atoms with van der Waals surface area (Å²) in [4.78, 5) is 15.7. The van der Waals surface area contributed by atoms with E-state index in [0.717, 1.165) is 49.1 Å². The van der Waals surface area contributed by atoms with E-state index in [1.54, 1.807) is 6.33 Å². The molecule has 3 aromatic heterocycles. The molecule has 1 N–H and O–H groups in total. The van der Waals surface area contributed by atoms with E-state index in [4.69, 9.17) is 9.40 Å². The van der Waals surface area contributed by atoms with Crippen LogP contribution in [0.25, 0.3) is 22.2 Å². The monoisotopic (exact) mass is 325 g/mol. The second-order valence-corrected chi connectivity index (χ2v) is 6.74.